The first-order valence-corrected chi connectivity index (χ1v) is 18.4. The van der Waals surface area contributed by atoms with Crippen LogP contribution in [0.3, 0.4) is 0 Å². The Morgan fingerprint density at radius 3 is 2.65 bits per heavy atom. The molecule has 6 rings (SSSR count). The third kappa shape index (κ3) is 8.63. The predicted molar refractivity (Wildman–Crippen MR) is 188 cm³/mol. The number of anilines is 2. The molecule has 4 heterocycles. The molecule has 51 heavy (non-hydrogen) atoms. The van der Waals surface area contributed by atoms with Crippen molar-refractivity contribution in [1.82, 2.24) is 25.4 Å². The number of nitrogens with zero attached hydrogens (tertiary/aromatic N) is 3. The lowest BCUT2D eigenvalue weighted by molar-refractivity contribution is -0.145. The van der Waals surface area contributed by atoms with Crippen LogP contribution in [0.15, 0.2) is 42.5 Å². The average Bonchev–Trinajstić information content (AvgIpc) is 3.38. The minimum absolute atomic E-state index is 0.0243. The largest absolute Gasteiger partial charge is 0.479 e. The SMILES string of the molecule is CC(C)(C)OC(=O)N[C@H]1CCCCC/C=C/[C@@H]2C[C@@]2(C(=O)O)NC(=O)[C@@H]2C[C@@H](OC(=O)N3CCc4nc(Nc5ccccc5)sc4C3)CN2C1=O. The topological polar surface area (TPSA) is 180 Å². The van der Waals surface area contributed by atoms with E-state index in [9.17, 15) is 29.1 Å². The maximum Gasteiger partial charge on any atom is 0.410 e. The van der Waals surface area contributed by atoms with Gasteiger partial charge in [-0.15, -0.1) is 0 Å². The number of carbonyl (C=O) groups is 5. The number of carboxylic acid groups (broad SMARTS) is 1. The Kier molecular flexibility index (Phi) is 10.6. The Hall–Kier alpha value is -4.66. The van der Waals surface area contributed by atoms with Gasteiger partial charge in [0.15, 0.2) is 5.13 Å². The molecule has 1 aliphatic carbocycles. The first kappa shape index (κ1) is 36.1. The Morgan fingerprint density at radius 1 is 1.12 bits per heavy atom. The van der Waals surface area contributed by atoms with Crippen molar-refractivity contribution in [3.8, 4) is 0 Å². The van der Waals surface area contributed by atoms with Crippen LogP contribution in [0, 0.1) is 5.92 Å². The molecule has 1 saturated carbocycles. The fourth-order valence-electron chi connectivity index (χ4n) is 6.86. The van der Waals surface area contributed by atoms with E-state index in [2.05, 4.69) is 16.0 Å². The Labute approximate surface area is 300 Å². The van der Waals surface area contributed by atoms with Gasteiger partial charge in [-0.3, -0.25) is 9.59 Å². The second-order valence-corrected chi connectivity index (χ2v) is 15.7. The number of para-hydroxylation sites is 1. The summed E-state index contributed by atoms with van der Waals surface area (Å²) < 4.78 is 11.4. The number of aliphatic carboxylic acids is 1. The van der Waals surface area contributed by atoms with Gasteiger partial charge in [0.05, 0.1) is 18.8 Å². The fraction of sp³-hybridized carbons (Fsp3) is 0.556. The minimum atomic E-state index is -1.47. The van der Waals surface area contributed by atoms with Gasteiger partial charge >= 0.3 is 18.2 Å². The number of hydrogen-bond acceptors (Lipinski definition) is 10. The normalized spacial score (nSPS) is 27.4. The number of carbonyl (C=O) groups excluding carboxylic acids is 4. The summed E-state index contributed by atoms with van der Waals surface area (Å²) in [6.45, 7) is 5.77. The zero-order valence-corrected chi connectivity index (χ0v) is 30.0. The van der Waals surface area contributed by atoms with Gasteiger partial charge in [-0.1, -0.05) is 54.5 Å². The number of amides is 4. The van der Waals surface area contributed by atoms with Crippen molar-refractivity contribution < 1.29 is 38.6 Å². The van der Waals surface area contributed by atoms with E-state index in [4.69, 9.17) is 14.5 Å². The van der Waals surface area contributed by atoms with E-state index in [0.29, 0.717) is 32.4 Å². The molecule has 15 heteroatoms. The lowest BCUT2D eigenvalue weighted by Crippen LogP contribution is -2.56. The molecule has 2 aromatic rings. The quantitative estimate of drug-likeness (QED) is 0.316. The molecule has 4 aliphatic rings. The lowest BCUT2D eigenvalue weighted by Gasteiger charge is -2.30. The maximum absolute atomic E-state index is 14.2. The van der Waals surface area contributed by atoms with E-state index in [0.717, 1.165) is 40.7 Å². The molecule has 2 fully saturated rings. The number of nitrogens with one attached hydrogen (secondary N) is 3. The van der Waals surface area contributed by atoms with Crippen molar-refractivity contribution in [2.45, 2.75) is 108 Å². The molecule has 1 aromatic heterocycles. The Morgan fingerprint density at radius 2 is 1.90 bits per heavy atom. The number of ether oxygens (including phenoxy) is 2. The van der Waals surface area contributed by atoms with Gasteiger partial charge in [-0.2, -0.15) is 0 Å². The van der Waals surface area contributed by atoms with E-state index in [1.807, 2.05) is 42.5 Å². The van der Waals surface area contributed by atoms with E-state index >= 15 is 0 Å². The van der Waals surface area contributed by atoms with Gasteiger partial charge in [0.25, 0.3) is 0 Å². The molecule has 0 spiro atoms. The molecule has 14 nitrogen and oxygen atoms in total. The summed E-state index contributed by atoms with van der Waals surface area (Å²) in [6.07, 6.45) is 5.63. The number of thiazole rings is 1. The second kappa shape index (κ2) is 14.9. The van der Waals surface area contributed by atoms with Crippen LogP contribution in [-0.2, 0) is 36.8 Å². The smallest absolute Gasteiger partial charge is 0.410 e. The van der Waals surface area contributed by atoms with E-state index < -0.39 is 59.3 Å². The van der Waals surface area contributed by atoms with Crippen molar-refractivity contribution >= 4 is 52.1 Å². The van der Waals surface area contributed by atoms with Crippen molar-refractivity contribution in [1.29, 1.82) is 0 Å². The molecule has 4 N–H and O–H groups in total. The Bertz CT molecular complexity index is 1670. The summed E-state index contributed by atoms with van der Waals surface area (Å²) in [4.78, 5) is 75.4. The van der Waals surface area contributed by atoms with Crippen molar-refractivity contribution in [3.63, 3.8) is 0 Å². The highest BCUT2D eigenvalue weighted by atomic mass is 32.1. The lowest BCUT2D eigenvalue weighted by atomic mass is 10.0. The summed E-state index contributed by atoms with van der Waals surface area (Å²) >= 11 is 1.47. The molecular formula is C36H46N6O8S. The highest BCUT2D eigenvalue weighted by Gasteiger charge is 2.61. The van der Waals surface area contributed by atoms with Crippen LogP contribution in [0.5, 0.6) is 0 Å². The van der Waals surface area contributed by atoms with Gasteiger partial charge in [-0.25, -0.2) is 19.4 Å². The van der Waals surface area contributed by atoms with Crippen molar-refractivity contribution in [3.05, 3.63) is 53.1 Å². The van der Waals surface area contributed by atoms with Gasteiger partial charge in [0.1, 0.15) is 29.3 Å². The summed E-state index contributed by atoms with van der Waals surface area (Å²) in [5, 5.41) is 19.6. The number of carboxylic acids is 1. The number of alkyl carbamates (subject to hydrolysis) is 1. The number of hydrogen-bond donors (Lipinski definition) is 4. The number of allylic oxidation sites excluding steroid dienone is 1. The average molecular weight is 723 g/mol. The van der Waals surface area contributed by atoms with Gasteiger partial charge < -0.3 is 40.3 Å². The van der Waals surface area contributed by atoms with Crippen LogP contribution in [0.2, 0.25) is 0 Å². The molecule has 1 aromatic carbocycles. The first-order chi connectivity index (χ1) is 24.3. The van der Waals surface area contributed by atoms with Crippen LogP contribution < -0.4 is 16.0 Å². The highest BCUT2D eigenvalue weighted by Crippen LogP contribution is 2.45. The number of benzene rings is 1. The third-order valence-corrected chi connectivity index (χ3v) is 10.6. The molecule has 0 radical (unpaired) electrons. The molecule has 1 saturated heterocycles. The summed E-state index contributed by atoms with van der Waals surface area (Å²) in [5.74, 6) is -2.68. The predicted octanol–water partition coefficient (Wildman–Crippen LogP) is 4.72. The third-order valence-electron chi connectivity index (χ3n) is 9.59. The van der Waals surface area contributed by atoms with Crippen molar-refractivity contribution in [2.75, 3.05) is 18.4 Å². The van der Waals surface area contributed by atoms with Crippen LogP contribution in [-0.4, -0.2) is 92.3 Å². The fourth-order valence-corrected chi connectivity index (χ4v) is 7.91. The Balaban J connectivity index is 1.18. The number of rotatable bonds is 5. The molecule has 3 aliphatic heterocycles. The second-order valence-electron chi connectivity index (χ2n) is 14.6. The number of aromatic nitrogens is 1. The zero-order valence-electron chi connectivity index (χ0n) is 29.2. The zero-order chi connectivity index (χ0) is 36.3. The monoisotopic (exact) mass is 722 g/mol. The highest BCUT2D eigenvalue weighted by molar-refractivity contribution is 7.15. The van der Waals surface area contributed by atoms with Crippen LogP contribution in [0.25, 0.3) is 0 Å². The van der Waals surface area contributed by atoms with Crippen LogP contribution in [0.1, 0.15) is 76.3 Å². The molecular weight excluding hydrogens is 676 g/mol. The van der Waals surface area contributed by atoms with Crippen LogP contribution in [0.4, 0.5) is 20.4 Å². The van der Waals surface area contributed by atoms with Gasteiger partial charge in [0, 0.05) is 35.9 Å². The number of fused-ring (bicyclic) bond motifs is 3. The van der Waals surface area contributed by atoms with Crippen molar-refractivity contribution in [2.24, 2.45) is 5.92 Å². The molecule has 274 valence electrons. The molecule has 0 bridgehead atoms. The van der Waals surface area contributed by atoms with E-state index in [1.54, 1.807) is 25.7 Å². The summed E-state index contributed by atoms with van der Waals surface area (Å²) in [5.41, 5.74) is -0.441. The molecule has 5 atom stereocenters. The summed E-state index contributed by atoms with van der Waals surface area (Å²) in [7, 11) is 0. The molecule has 4 amide bonds. The summed E-state index contributed by atoms with van der Waals surface area (Å²) in [6, 6.07) is 7.57. The van der Waals surface area contributed by atoms with Gasteiger partial charge in [-0.05, 0) is 58.6 Å². The standard InChI is InChI=1S/C36H46N6O8S/c1-35(2,3)50-33(47)39-26-15-11-6-4-5-8-12-22-19-36(22,31(45)46)40-29(43)27-18-24(20-42(27)30(26)44)49-34(48)41-17-16-25-28(21-41)51-32(38-25)37-23-13-9-7-10-14-23/h7-10,12-14,22,24,26-27H,4-6,11,15-21H2,1-3H3,(H,37,38)(H,39,47)(H,40,43)(H,45,46)/b12-8+/t22-,24-,26+,27+,36-/m1/s1. The molecule has 0 unspecified atom stereocenters. The minimum Gasteiger partial charge on any atom is -0.479 e. The van der Waals surface area contributed by atoms with E-state index in [-0.39, 0.29) is 25.3 Å². The van der Waals surface area contributed by atoms with Gasteiger partial charge in [0.2, 0.25) is 11.8 Å². The maximum atomic E-state index is 14.2. The first-order valence-electron chi connectivity index (χ1n) is 17.6. The van der Waals surface area contributed by atoms with Crippen LogP contribution >= 0.6 is 11.3 Å². The van der Waals surface area contributed by atoms with E-state index in [1.165, 1.54) is 16.2 Å².